The first kappa shape index (κ1) is 27.3. The Bertz CT molecular complexity index is 1500. The van der Waals surface area contributed by atoms with E-state index in [2.05, 4.69) is 37.1 Å². The second kappa shape index (κ2) is 11.1. The number of aryl methyl sites for hydroxylation is 1. The number of hydrogen-bond donors (Lipinski definition) is 3. The number of aromatic amines is 1. The number of carboxylic acid groups (broad SMARTS) is 1. The van der Waals surface area contributed by atoms with Crippen LogP contribution < -0.4 is 10.2 Å². The van der Waals surface area contributed by atoms with Crippen LogP contribution in [0.5, 0.6) is 0 Å². The maximum absolute atomic E-state index is 10.6. The number of nitrogens with zero attached hydrogens (tertiary/aromatic N) is 6. The van der Waals surface area contributed by atoms with Crippen molar-refractivity contribution in [3.8, 4) is 0 Å². The maximum Gasteiger partial charge on any atom is 0.490 e. The van der Waals surface area contributed by atoms with Crippen LogP contribution in [0.1, 0.15) is 25.5 Å². The molecule has 10 nitrogen and oxygen atoms in total. The molecule has 6 rings (SSSR count). The van der Waals surface area contributed by atoms with Gasteiger partial charge >= 0.3 is 12.1 Å². The van der Waals surface area contributed by atoms with Crippen molar-refractivity contribution in [1.82, 2.24) is 35.2 Å². The summed E-state index contributed by atoms with van der Waals surface area (Å²) >= 11 is 8.27. The van der Waals surface area contributed by atoms with Crippen molar-refractivity contribution in [2.75, 3.05) is 24.5 Å². The number of carboxylic acids is 1. The van der Waals surface area contributed by atoms with E-state index in [0.717, 1.165) is 64.0 Å². The van der Waals surface area contributed by atoms with Gasteiger partial charge in [0.15, 0.2) is 10.8 Å². The van der Waals surface area contributed by atoms with Crippen LogP contribution in [0.2, 0.25) is 5.02 Å². The number of nitrogens with one attached hydrogen (secondary N) is 2. The van der Waals surface area contributed by atoms with E-state index < -0.39 is 12.1 Å². The smallest absolute Gasteiger partial charge is 0.475 e. The van der Waals surface area contributed by atoms with Crippen LogP contribution in [0, 0.1) is 5.92 Å². The summed E-state index contributed by atoms with van der Waals surface area (Å²) in [5, 5.41) is 13.1. The maximum atomic E-state index is 10.6. The minimum atomic E-state index is -5.08. The quantitative estimate of drug-likeness (QED) is 0.297. The summed E-state index contributed by atoms with van der Waals surface area (Å²) in [4.78, 5) is 38.5. The van der Waals surface area contributed by atoms with Crippen LogP contribution in [0.25, 0.3) is 22.2 Å². The molecule has 0 amide bonds. The van der Waals surface area contributed by atoms with Crippen LogP contribution in [0.15, 0.2) is 34.7 Å². The highest BCUT2D eigenvalue weighted by atomic mass is 35.5. The van der Waals surface area contributed by atoms with Crippen LogP contribution in [0.3, 0.4) is 0 Å². The van der Waals surface area contributed by atoms with Gasteiger partial charge in [-0.25, -0.2) is 24.7 Å². The zero-order chi connectivity index (χ0) is 27.7. The number of carbonyl (C=O) groups is 1. The van der Waals surface area contributed by atoms with E-state index >= 15 is 0 Å². The zero-order valence-corrected chi connectivity index (χ0v) is 22.2. The molecule has 4 aromatic rings. The first-order valence-electron chi connectivity index (χ1n) is 12.2. The molecule has 2 aliphatic rings. The second-order valence-corrected chi connectivity index (χ2v) is 10.6. The number of fused-ring (bicyclic) bond motifs is 3. The third kappa shape index (κ3) is 5.87. The van der Waals surface area contributed by atoms with Gasteiger partial charge in [-0.2, -0.15) is 13.2 Å². The van der Waals surface area contributed by atoms with E-state index in [-0.39, 0.29) is 0 Å². The molecule has 2 saturated heterocycles. The van der Waals surface area contributed by atoms with Crippen molar-refractivity contribution in [1.29, 1.82) is 0 Å². The lowest BCUT2D eigenvalue weighted by molar-refractivity contribution is -0.192. The summed E-state index contributed by atoms with van der Waals surface area (Å²) in [6, 6.07) is 2.48. The Balaban J connectivity index is 0.000000392. The fourth-order valence-electron chi connectivity index (χ4n) is 4.81. The van der Waals surface area contributed by atoms with E-state index in [4.69, 9.17) is 31.5 Å². The number of aromatic nitrogens is 6. The first-order chi connectivity index (χ1) is 18.6. The molecule has 2 unspecified atom stereocenters. The van der Waals surface area contributed by atoms with Gasteiger partial charge in [0, 0.05) is 48.3 Å². The predicted molar refractivity (Wildman–Crippen MR) is 140 cm³/mol. The number of piperidine rings is 1. The van der Waals surface area contributed by atoms with Crippen LogP contribution in [-0.4, -0.2) is 72.8 Å². The van der Waals surface area contributed by atoms with E-state index in [1.54, 1.807) is 18.6 Å². The molecule has 0 aromatic carbocycles. The minimum absolute atomic E-state index is 0.511. The van der Waals surface area contributed by atoms with E-state index in [9.17, 15) is 13.2 Å². The summed E-state index contributed by atoms with van der Waals surface area (Å²) in [6.07, 6.45) is 3.34. The molecule has 0 aliphatic carbocycles. The first-order valence-corrected chi connectivity index (χ1v) is 13.4. The molecular formula is C24H24ClF3N8O2S. The number of alkyl halides is 3. The molecule has 0 bridgehead atoms. The van der Waals surface area contributed by atoms with Crippen LogP contribution in [0.4, 0.5) is 19.0 Å². The molecule has 6 heterocycles. The van der Waals surface area contributed by atoms with Gasteiger partial charge in [-0.1, -0.05) is 18.5 Å². The highest BCUT2D eigenvalue weighted by Gasteiger charge is 2.38. The Morgan fingerprint density at radius 2 is 2.00 bits per heavy atom. The Morgan fingerprint density at radius 1 is 1.23 bits per heavy atom. The van der Waals surface area contributed by atoms with Crippen molar-refractivity contribution in [3.63, 3.8) is 0 Å². The summed E-state index contributed by atoms with van der Waals surface area (Å²) < 4.78 is 31.7. The molecule has 2 fully saturated rings. The van der Waals surface area contributed by atoms with Crippen molar-refractivity contribution in [2.45, 2.75) is 48.5 Å². The van der Waals surface area contributed by atoms with E-state index in [1.807, 2.05) is 6.07 Å². The molecule has 0 saturated carbocycles. The number of H-pyrrole nitrogens is 1. The lowest BCUT2D eigenvalue weighted by Crippen LogP contribution is -2.40. The molecule has 2 aliphatic heterocycles. The van der Waals surface area contributed by atoms with E-state index in [0.29, 0.717) is 22.8 Å². The minimum Gasteiger partial charge on any atom is -0.475 e. The van der Waals surface area contributed by atoms with Crippen molar-refractivity contribution in [2.24, 2.45) is 5.92 Å². The number of pyridine rings is 1. The highest BCUT2D eigenvalue weighted by Crippen LogP contribution is 2.39. The standard InChI is InChI=1S/C22H23ClN8S.C2HF3O2/c1-2-14-18(23)17-20(28-14)29-22(32-13-8-15-19(27-9-13)26-7-6-25-15)30-21(17)31-10-12-4-3-5-24-16(12)11-31;3-2(4,5)1(6)7/h6-9,12,16,24H,2-5,10-11H2,1H3,(H,28,29,30);(H,6,7). The average Bonchev–Trinajstić information content (AvgIpc) is 3.49. The summed E-state index contributed by atoms with van der Waals surface area (Å²) in [6.45, 7) is 5.12. The van der Waals surface area contributed by atoms with Gasteiger partial charge in [-0.15, -0.1) is 0 Å². The van der Waals surface area contributed by atoms with Gasteiger partial charge in [0.2, 0.25) is 0 Å². The molecule has 39 heavy (non-hydrogen) atoms. The van der Waals surface area contributed by atoms with Crippen LogP contribution >= 0.6 is 23.4 Å². The number of anilines is 1. The molecule has 4 aromatic heterocycles. The molecular weight excluding hydrogens is 557 g/mol. The number of hydrogen-bond acceptors (Lipinski definition) is 9. The van der Waals surface area contributed by atoms with Crippen molar-refractivity contribution in [3.05, 3.63) is 35.4 Å². The van der Waals surface area contributed by atoms with Gasteiger partial charge in [-0.3, -0.25) is 4.98 Å². The summed E-state index contributed by atoms with van der Waals surface area (Å²) in [5.74, 6) is -1.19. The van der Waals surface area contributed by atoms with Crippen molar-refractivity contribution >= 4 is 57.3 Å². The molecule has 3 N–H and O–H groups in total. The Morgan fingerprint density at radius 3 is 2.72 bits per heavy atom. The van der Waals surface area contributed by atoms with E-state index in [1.165, 1.54) is 24.6 Å². The zero-order valence-electron chi connectivity index (χ0n) is 20.7. The SMILES string of the molecule is CCc1[nH]c2nc(Sc3cnc4nccnc4c3)nc(N3CC4CCCNC4C3)c2c1Cl.O=C(O)C(F)(F)F. The second-order valence-electron chi connectivity index (χ2n) is 9.17. The number of aliphatic carboxylic acids is 1. The molecule has 0 spiro atoms. The number of rotatable bonds is 4. The van der Waals surface area contributed by atoms with Gasteiger partial charge in [-0.05, 0) is 49.6 Å². The molecule has 206 valence electrons. The fourth-order valence-corrected chi connectivity index (χ4v) is 5.92. The Kier molecular flexibility index (Phi) is 7.78. The van der Waals surface area contributed by atoms with Gasteiger partial charge < -0.3 is 20.3 Å². The third-order valence-corrected chi connectivity index (χ3v) is 7.87. The fraction of sp³-hybridized carbons (Fsp3) is 0.417. The molecule has 15 heteroatoms. The Hall–Kier alpha value is -3.23. The van der Waals surface area contributed by atoms with Gasteiger partial charge in [0.1, 0.15) is 17.0 Å². The Labute approximate surface area is 229 Å². The lowest BCUT2D eigenvalue weighted by atomic mass is 9.94. The monoisotopic (exact) mass is 580 g/mol. The highest BCUT2D eigenvalue weighted by molar-refractivity contribution is 7.99. The third-order valence-electron chi connectivity index (χ3n) is 6.63. The van der Waals surface area contributed by atoms with Crippen molar-refractivity contribution < 1.29 is 23.1 Å². The topological polar surface area (TPSA) is 133 Å². The summed E-state index contributed by atoms with van der Waals surface area (Å²) in [5.41, 5.74) is 3.17. The normalized spacial score (nSPS) is 19.2. The van der Waals surface area contributed by atoms with Gasteiger partial charge in [0.25, 0.3) is 0 Å². The van der Waals surface area contributed by atoms with Crippen LogP contribution in [-0.2, 0) is 11.2 Å². The summed E-state index contributed by atoms with van der Waals surface area (Å²) in [7, 11) is 0. The average molecular weight is 581 g/mol. The van der Waals surface area contributed by atoms with Gasteiger partial charge in [0.05, 0.1) is 10.4 Å². The molecule has 0 radical (unpaired) electrons. The molecule has 2 atom stereocenters. The predicted octanol–water partition coefficient (Wildman–Crippen LogP) is 4.48. The lowest BCUT2D eigenvalue weighted by Gasteiger charge is -2.24. The number of halogens is 4. The largest absolute Gasteiger partial charge is 0.490 e.